The van der Waals surface area contributed by atoms with Gasteiger partial charge < -0.3 is 19.4 Å². The second kappa shape index (κ2) is 8.73. The van der Waals surface area contributed by atoms with Crippen molar-refractivity contribution in [1.82, 2.24) is 9.88 Å². The fraction of sp³-hybridized carbons (Fsp3) is 0.312. The minimum Gasteiger partial charge on any atom is -0.464 e. The Morgan fingerprint density at radius 3 is 2.76 bits per heavy atom. The van der Waals surface area contributed by atoms with E-state index in [2.05, 4.69) is 15.0 Å². The SMILES string of the molecule is CCCN(Cc1nc(C(=O)OC)co1)C(=O)Nc1ccc(Cl)cc1Cl. The predicted molar refractivity (Wildman–Crippen MR) is 94.0 cm³/mol. The summed E-state index contributed by atoms with van der Waals surface area (Å²) in [5.74, 6) is -0.374. The Labute approximate surface area is 154 Å². The van der Waals surface area contributed by atoms with Crippen LogP contribution in [0.3, 0.4) is 0 Å². The summed E-state index contributed by atoms with van der Waals surface area (Å²) < 4.78 is 9.80. The molecule has 0 unspecified atom stereocenters. The number of amides is 2. The number of benzene rings is 1. The molecular formula is C16H17Cl2N3O4. The number of hydrogen-bond donors (Lipinski definition) is 1. The summed E-state index contributed by atoms with van der Waals surface area (Å²) in [6.07, 6.45) is 1.92. The van der Waals surface area contributed by atoms with Crippen molar-refractivity contribution in [2.24, 2.45) is 0 Å². The molecule has 0 radical (unpaired) electrons. The largest absolute Gasteiger partial charge is 0.464 e. The Morgan fingerprint density at radius 1 is 1.36 bits per heavy atom. The average molecular weight is 386 g/mol. The first-order valence-corrected chi connectivity index (χ1v) is 8.23. The molecule has 0 saturated carbocycles. The molecule has 0 spiro atoms. The lowest BCUT2D eigenvalue weighted by atomic mass is 10.3. The van der Waals surface area contributed by atoms with Crippen molar-refractivity contribution < 1.29 is 18.7 Å². The second-order valence-electron chi connectivity index (χ2n) is 5.09. The van der Waals surface area contributed by atoms with Crippen molar-refractivity contribution in [2.75, 3.05) is 19.0 Å². The zero-order valence-corrected chi connectivity index (χ0v) is 15.2. The van der Waals surface area contributed by atoms with E-state index in [1.54, 1.807) is 18.2 Å². The van der Waals surface area contributed by atoms with Gasteiger partial charge >= 0.3 is 12.0 Å². The topological polar surface area (TPSA) is 84.7 Å². The molecule has 7 nitrogen and oxygen atoms in total. The summed E-state index contributed by atoms with van der Waals surface area (Å²) in [4.78, 5) is 29.4. The number of urea groups is 1. The standard InChI is InChI=1S/C16H17Cl2N3O4/c1-3-6-21(8-14-19-13(9-25-14)15(22)24-2)16(23)20-12-5-4-10(17)7-11(12)18/h4-5,7,9H,3,6,8H2,1-2H3,(H,20,23). The Balaban J connectivity index is 2.09. The summed E-state index contributed by atoms with van der Waals surface area (Å²) in [5.41, 5.74) is 0.495. The molecule has 2 aromatic rings. The number of nitrogens with zero attached hydrogens (tertiary/aromatic N) is 2. The number of rotatable bonds is 6. The first kappa shape index (κ1) is 19.1. The molecule has 25 heavy (non-hydrogen) atoms. The molecule has 0 aliphatic carbocycles. The third-order valence-electron chi connectivity index (χ3n) is 3.23. The lowest BCUT2D eigenvalue weighted by Crippen LogP contribution is -2.35. The predicted octanol–water partition coefficient (Wildman–Crippen LogP) is 4.21. The molecule has 134 valence electrons. The molecule has 0 aliphatic heterocycles. The number of carbonyl (C=O) groups excluding carboxylic acids is 2. The van der Waals surface area contributed by atoms with Gasteiger partial charge in [-0.15, -0.1) is 0 Å². The van der Waals surface area contributed by atoms with Gasteiger partial charge in [-0.25, -0.2) is 14.6 Å². The quantitative estimate of drug-likeness (QED) is 0.752. The lowest BCUT2D eigenvalue weighted by molar-refractivity contribution is 0.0594. The zero-order valence-electron chi connectivity index (χ0n) is 13.7. The Kier molecular flexibility index (Phi) is 6.66. The van der Waals surface area contributed by atoms with Crippen LogP contribution in [0.4, 0.5) is 10.5 Å². The number of hydrogen-bond acceptors (Lipinski definition) is 5. The number of anilines is 1. The van der Waals surface area contributed by atoms with Crippen molar-refractivity contribution in [3.05, 3.63) is 46.1 Å². The molecule has 0 aliphatic rings. The van der Waals surface area contributed by atoms with E-state index in [9.17, 15) is 9.59 Å². The van der Waals surface area contributed by atoms with E-state index >= 15 is 0 Å². The third kappa shape index (κ3) is 5.11. The van der Waals surface area contributed by atoms with Crippen LogP contribution in [0.15, 0.2) is 28.9 Å². The van der Waals surface area contributed by atoms with Gasteiger partial charge in [0, 0.05) is 11.6 Å². The van der Waals surface area contributed by atoms with Gasteiger partial charge in [0.15, 0.2) is 5.69 Å². The van der Waals surface area contributed by atoms with Gasteiger partial charge in [-0.2, -0.15) is 0 Å². The highest BCUT2D eigenvalue weighted by Crippen LogP contribution is 2.25. The summed E-state index contributed by atoms with van der Waals surface area (Å²) >= 11 is 11.9. The summed E-state index contributed by atoms with van der Waals surface area (Å²) in [6, 6.07) is 4.42. The molecule has 1 aromatic carbocycles. The minimum absolute atomic E-state index is 0.0510. The fourth-order valence-electron chi connectivity index (χ4n) is 2.05. The number of esters is 1. The van der Waals surface area contributed by atoms with E-state index in [1.165, 1.54) is 18.3 Å². The number of oxazole rings is 1. The van der Waals surface area contributed by atoms with E-state index in [-0.39, 0.29) is 24.2 Å². The zero-order chi connectivity index (χ0) is 18.4. The van der Waals surface area contributed by atoms with Gasteiger partial charge in [0.2, 0.25) is 5.89 Å². The number of nitrogens with one attached hydrogen (secondary N) is 1. The monoisotopic (exact) mass is 385 g/mol. The highest BCUT2D eigenvalue weighted by molar-refractivity contribution is 6.36. The molecule has 0 fully saturated rings. The highest BCUT2D eigenvalue weighted by atomic mass is 35.5. The molecule has 2 rings (SSSR count). The average Bonchev–Trinajstić information content (AvgIpc) is 3.05. The summed E-state index contributed by atoms with van der Waals surface area (Å²) in [6.45, 7) is 2.50. The number of halogens is 2. The molecule has 2 amide bonds. The van der Waals surface area contributed by atoms with Crippen LogP contribution >= 0.6 is 23.2 Å². The van der Waals surface area contributed by atoms with Gasteiger partial charge in [0.25, 0.3) is 0 Å². The highest BCUT2D eigenvalue weighted by Gasteiger charge is 2.19. The summed E-state index contributed by atoms with van der Waals surface area (Å²) in [7, 11) is 1.25. The van der Waals surface area contributed by atoms with Crippen LogP contribution in [-0.4, -0.2) is 35.5 Å². The van der Waals surface area contributed by atoms with E-state index in [1.807, 2.05) is 6.92 Å². The van der Waals surface area contributed by atoms with Crippen molar-refractivity contribution >= 4 is 40.9 Å². The number of aromatic nitrogens is 1. The van der Waals surface area contributed by atoms with Gasteiger partial charge in [-0.3, -0.25) is 0 Å². The van der Waals surface area contributed by atoms with Crippen molar-refractivity contribution in [2.45, 2.75) is 19.9 Å². The van der Waals surface area contributed by atoms with Gasteiger partial charge in [0.05, 0.1) is 24.4 Å². The van der Waals surface area contributed by atoms with Gasteiger partial charge in [-0.05, 0) is 24.6 Å². The van der Waals surface area contributed by atoms with Crippen LogP contribution in [0, 0.1) is 0 Å². The van der Waals surface area contributed by atoms with Gasteiger partial charge in [-0.1, -0.05) is 30.1 Å². The Morgan fingerprint density at radius 2 is 2.12 bits per heavy atom. The van der Waals surface area contributed by atoms with Crippen molar-refractivity contribution in [1.29, 1.82) is 0 Å². The molecule has 1 N–H and O–H groups in total. The van der Waals surface area contributed by atoms with E-state index in [0.717, 1.165) is 6.42 Å². The lowest BCUT2D eigenvalue weighted by Gasteiger charge is -2.21. The third-order valence-corrected chi connectivity index (χ3v) is 3.77. The first-order chi connectivity index (χ1) is 11.9. The number of carbonyl (C=O) groups is 2. The van der Waals surface area contributed by atoms with Crippen molar-refractivity contribution in [3.8, 4) is 0 Å². The number of methoxy groups -OCH3 is 1. The fourth-order valence-corrected chi connectivity index (χ4v) is 2.51. The van der Waals surface area contributed by atoms with Gasteiger partial charge in [0.1, 0.15) is 6.26 Å². The second-order valence-corrected chi connectivity index (χ2v) is 5.94. The van der Waals surface area contributed by atoms with Crippen LogP contribution in [0.5, 0.6) is 0 Å². The van der Waals surface area contributed by atoms with Crippen LogP contribution in [-0.2, 0) is 11.3 Å². The van der Waals surface area contributed by atoms with E-state index in [0.29, 0.717) is 22.3 Å². The molecular weight excluding hydrogens is 369 g/mol. The molecule has 1 heterocycles. The van der Waals surface area contributed by atoms with Crippen LogP contribution in [0.1, 0.15) is 29.7 Å². The normalized spacial score (nSPS) is 10.4. The smallest absolute Gasteiger partial charge is 0.360 e. The number of ether oxygens (including phenoxy) is 1. The van der Waals surface area contributed by atoms with Crippen molar-refractivity contribution in [3.63, 3.8) is 0 Å². The summed E-state index contributed by atoms with van der Waals surface area (Å²) in [5, 5.41) is 3.53. The maximum absolute atomic E-state index is 12.5. The molecule has 9 heteroatoms. The molecule has 0 atom stereocenters. The van der Waals surface area contributed by atoms with E-state index in [4.69, 9.17) is 27.6 Å². The van der Waals surface area contributed by atoms with Crippen LogP contribution < -0.4 is 5.32 Å². The van der Waals surface area contributed by atoms with E-state index < -0.39 is 5.97 Å². The maximum atomic E-state index is 12.5. The Bertz CT molecular complexity index is 764. The molecule has 1 aromatic heterocycles. The molecule has 0 saturated heterocycles. The minimum atomic E-state index is -0.602. The Hall–Kier alpha value is -2.25. The van der Waals surface area contributed by atoms with Crippen LogP contribution in [0.2, 0.25) is 10.0 Å². The maximum Gasteiger partial charge on any atom is 0.360 e. The van der Waals surface area contributed by atoms with Crippen LogP contribution in [0.25, 0.3) is 0 Å². The molecule has 0 bridgehead atoms. The first-order valence-electron chi connectivity index (χ1n) is 7.48.